The fourth-order valence-electron chi connectivity index (χ4n) is 2.30. The van der Waals surface area contributed by atoms with E-state index in [1.807, 2.05) is 30.5 Å². The van der Waals surface area contributed by atoms with E-state index in [1.54, 1.807) is 42.7 Å². The summed E-state index contributed by atoms with van der Waals surface area (Å²) in [7, 11) is 0. The van der Waals surface area contributed by atoms with Gasteiger partial charge in [0.15, 0.2) is 0 Å². The summed E-state index contributed by atoms with van der Waals surface area (Å²) < 4.78 is 0. The van der Waals surface area contributed by atoms with Crippen molar-refractivity contribution in [1.29, 1.82) is 0 Å². The van der Waals surface area contributed by atoms with Gasteiger partial charge in [-0.05, 0) is 54.3 Å². The number of amides is 2. The molecule has 0 radical (unpaired) electrons. The molecule has 2 aromatic heterocycles. The molecular weight excluding hydrogens is 334 g/mol. The molecule has 5 nitrogen and oxygen atoms in total. The normalized spacial score (nSPS) is 11.6. The lowest BCUT2D eigenvalue weighted by Crippen LogP contribution is -2.26. The van der Waals surface area contributed by atoms with Gasteiger partial charge in [0.1, 0.15) is 0 Å². The first-order chi connectivity index (χ1) is 12.1. The van der Waals surface area contributed by atoms with Crippen LogP contribution in [0.5, 0.6) is 0 Å². The van der Waals surface area contributed by atoms with Gasteiger partial charge in [0.05, 0.1) is 10.9 Å². The van der Waals surface area contributed by atoms with E-state index in [0.29, 0.717) is 16.1 Å². The molecule has 1 atom stereocenters. The largest absolute Gasteiger partial charge is 0.345 e. The zero-order valence-corrected chi connectivity index (χ0v) is 14.4. The lowest BCUT2D eigenvalue weighted by molar-refractivity contribution is 0.0939. The SMILES string of the molecule is CC(NC(=O)c1ccc(NC(=O)c2cccs2)cc1)c1cccnc1. The lowest BCUT2D eigenvalue weighted by Gasteiger charge is -2.14. The Morgan fingerprint density at radius 2 is 1.84 bits per heavy atom. The van der Waals surface area contributed by atoms with Crippen molar-refractivity contribution in [2.24, 2.45) is 0 Å². The Kier molecular flexibility index (Phi) is 5.20. The third-order valence-corrected chi connectivity index (χ3v) is 4.55. The minimum Gasteiger partial charge on any atom is -0.345 e. The van der Waals surface area contributed by atoms with E-state index in [0.717, 1.165) is 5.56 Å². The van der Waals surface area contributed by atoms with Crippen LogP contribution in [0.4, 0.5) is 5.69 Å². The highest BCUT2D eigenvalue weighted by Crippen LogP contribution is 2.15. The molecule has 0 aliphatic carbocycles. The van der Waals surface area contributed by atoms with E-state index >= 15 is 0 Å². The Balaban J connectivity index is 1.61. The summed E-state index contributed by atoms with van der Waals surface area (Å²) in [6.45, 7) is 1.91. The van der Waals surface area contributed by atoms with Crippen molar-refractivity contribution in [3.63, 3.8) is 0 Å². The van der Waals surface area contributed by atoms with E-state index in [2.05, 4.69) is 15.6 Å². The van der Waals surface area contributed by atoms with Gasteiger partial charge in [-0.3, -0.25) is 14.6 Å². The van der Waals surface area contributed by atoms with Gasteiger partial charge in [-0.2, -0.15) is 0 Å². The summed E-state index contributed by atoms with van der Waals surface area (Å²) in [5, 5.41) is 7.59. The minimum absolute atomic E-state index is 0.139. The maximum atomic E-state index is 12.3. The highest BCUT2D eigenvalue weighted by atomic mass is 32.1. The monoisotopic (exact) mass is 351 g/mol. The molecule has 2 heterocycles. The van der Waals surface area contributed by atoms with Crippen LogP contribution in [-0.4, -0.2) is 16.8 Å². The molecule has 2 N–H and O–H groups in total. The van der Waals surface area contributed by atoms with Gasteiger partial charge in [0, 0.05) is 23.6 Å². The van der Waals surface area contributed by atoms with E-state index in [4.69, 9.17) is 0 Å². The maximum absolute atomic E-state index is 12.3. The van der Waals surface area contributed by atoms with E-state index in [9.17, 15) is 9.59 Å². The number of pyridine rings is 1. The summed E-state index contributed by atoms with van der Waals surface area (Å²) in [5.41, 5.74) is 2.12. The second kappa shape index (κ2) is 7.72. The Labute approximate surface area is 149 Å². The summed E-state index contributed by atoms with van der Waals surface area (Å²) >= 11 is 1.38. The first-order valence-electron chi connectivity index (χ1n) is 7.79. The first kappa shape index (κ1) is 16.9. The Morgan fingerprint density at radius 1 is 1.04 bits per heavy atom. The zero-order valence-electron chi connectivity index (χ0n) is 13.6. The molecule has 3 rings (SSSR count). The van der Waals surface area contributed by atoms with Gasteiger partial charge in [0.25, 0.3) is 11.8 Å². The number of hydrogen-bond donors (Lipinski definition) is 2. The number of benzene rings is 1. The standard InChI is InChI=1S/C19H17N3O2S/c1-13(15-4-2-10-20-12-15)21-18(23)14-6-8-16(9-7-14)22-19(24)17-5-3-11-25-17/h2-13H,1H3,(H,21,23)(H,22,24). The van der Waals surface area contributed by atoms with Crippen molar-refractivity contribution < 1.29 is 9.59 Å². The van der Waals surface area contributed by atoms with Gasteiger partial charge in [-0.1, -0.05) is 12.1 Å². The molecule has 0 saturated heterocycles. The molecule has 25 heavy (non-hydrogen) atoms. The van der Waals surface area contributed by atoms with Gasteiger partial charge < -0.3 is 10.6 Å². The lowest BCUT2D eigenvalue weighted by atomic mass is 10.1. The van der Waals surface area contributed by atoms with Crippen LogP contribution in [0.1, 0.15) is 38.6 Å². The van der Waals surface area contributed by atoms with Crippen molar-refractivity contribution in [1.82, 2.24) is 10.3 Å². The van der Waals surface area contributed by atoms with Crippen molar-refractivity contribution in [3.8, 4) is 0 Å². The number of anilines is 1. The van der Waals surface area contributed by atoms with Gasteiger partial charge in [-0.15, -0.1) is 11.3 Å². The molecule has 1 unspecified atom stereocenters. The van der Waals surface area contributed by atoms with Crippen LogP contribution < -0.4 is 10.6 Å². The highest BCUT2D eigenvalue weighted by Gasteiger charge is 2.12. The fraction of sp³-hybridized carbons (Fsp3) is 0.105. The second-order valence-electron chi connectivity index (χ2n) is 5.49. The predicted molar refractivity (Wildman–Crippen MR) is 98.8 cm³/mol. The number of nitrogens with one attached hydrogen (secondary N) is 2. The van der Waals surface area contributed by atoms with Crippen LogP contribution in [-0.2, 0) is 0 Å². The molecule has 2 amide bonds. The Bertz CT molecular complexity index is 846. The van der Waals surface area contributed by atoms with Crippen LogP contribution in [0.15, 0.2) is 66.3 Å². The number of carbonyl (C=O) groups excluding carboxylic acids is 2. The molecular formula is C19H17N3O2S. The first-order valence-corrected chi connectivity index (χ1v) is 8.67. The number of carbonyl (C=O) groups is 2. The average molecular weight is 351 g/mol. The molecule has 0 aliphatic rings. The summed E-state index contributed by atoms with van der Waals surface area (Å²) in [6, 6.07) is 14.0. The van der Waals surface area contributed by atoms with E-state index < -0.39 is 0 Å². The van der Waals surface area contributed by atoms with Crippen LogP contribution in [0.2, 0.25) is 0 Å². The third kappa shape index (κ3) is 4.30. The molecule has 6 heteroatoms. The van der Waals surface area contributed by atoms with Gasteiger partial charge in [0.2, 0.25) is 0 Å². The van der Waals surface area contributed by atoms with E-state index in [1.165, 1.54) is 11.3 Å². The summed E-state index contributed by atoms with van der Waals surface area (Å²) in [4.78, 5) is 29.0. The molecule has 1 aromatic carbocycles. The van der Waals surface area contributed by atoms with Crippen molar-refractivity contribution in [2.45, 2.75) is 13.0 Å². The topological polar surface area (TPSA) is 71.1 Å². The predicted octanol–water partition coefficient (Wildman–Crippen LogP) is 3.89. The Morgan fingerprint density at radius 3 is 2.48 bits per heavy atom. The number of aromatic nitrogens is 1. The fourth-order valence-corrected chi connectivity index (χ4v) is 2.92. The molecule has 0 aliphatic heterocycles. The number of rotatable bonds is 5. The van der Waals surface area contributed by atoms with Crippen LogP contribution in [0, 0.1) is 0 Å². The van der Waals surface area contributed by atoms with Crippen molar-refractivity contribution in [3.05, 3.63) is 82.3 Å². The molecule has 0 saturated carbocycles. The zero-order chi connectivity index (χ0) is 17.6. The smallest absolute Gasteiger partial charge is 0.265 e. The van der Waals surface area contributed by atoms with Crippen LogP contribution >= 0.6 is 11.3 Å². The molecule has 0 spiro atoms. The number of nitrogens with zero attached hydrogens (tertiary/aromatic N) is 1. The van der Waals surface area contributed by atoms with Crippen LogP contribution in [0.25, 0.3) is 0 Å². The molecule has 3 aromatic rings. The van der Waals surface area contributed by atoms with Gasteiger partial charge >= 0.3 is 0 Å². The van der Waals surface area contributed by atoms with Crippen molar-refractivity contribution in [2.75, 3.05) is 5.32 Å². The second-order valence-corrected chi connectivity index (χ2v) is 6.44. The van der Waals surface area contributed by atoms with E-state index in [-0.39, 0.29) is 17.9 Å². The minimum atomic E-state index is -0.174. The quantitative estimate of drug-likeness (QED) is 0.733. The van der Waals surface area contributed by atoms with Gasteiger partial charge in [-0.25, -0.2) is 0 Å². The average Bonchev–Trinajstić information content (AvgIpc) is 3.18. The number of hydrogen-bond acceptors (Lipinski definition) is 4. The molecule has 126 valence electrons. The number of thiophene rings is 1. The third-order valence-electron chi connectivity index (χ3n) is 3.68. The summed E-state index contributed by atoms with van der Waals surface area (Å²) in [5.74, 6) is -0.329. The highest BCUT2D eigenvalue weighted by molar-refractivity contribution is 7.12. The maximum Gasteiger partial charge on any atom is 0.265 e. The molecule has 0 fully saturated rings. The summed E-state index contributed by atoms with van der Waals surface area (Å²) in [6.07, 6.45) is 3.43. The molecule has 0 bridgehead atoms. The van der Waals surface area contributed by atoms with Crippen molar-refractivity contribution >= 4 is 28.8 Å². The Hall–Kier alpha value is -2.99. The van der Waals surface area contributed by atoms with Crippen LogP contribution in [0.3, 0.4) is 0 Å².